The number of rotatable bonds is 9. The van der Waals surface area contributed by atoms with E-state index in [1.807, 2.05) is 0 Å². The van der Waals surface area contributed by atoms with Gasteiger partial charge >= 0.3 is 6.18 Å². The SMILES string of the molecule is COc1ccc(CNc2c(F)ccc(NC(=O)c3cc(NC(=O)[C@H]4[C@H](c5ccc(F)c(C(F)(F)F)c5)C4(Cl)Cl)ccc3Cl)c2F)cc1. The third-order valence-electron chi connectivity index (χ3n) is 7.44. The van der Waals surface area contributed by atoms with Crippen LogP contribution in [0.2, 0.25) is 5.02 Å². The quantitative estimate of drug-likeness (QED) is 0.119. The highest BCUT2D eigenvalue weighted by Gasteiger charge is 2.67. The predicted molar refractivity (Wildman–Crippen MR) is 167 cm³/mol. The van der Waals surface area contributed by atoms with Gasteiger partial charge in [-0.25, -0.2) is 13.2 Å². The van der Waals surface area contributed by atoms with Gasteiger partial charge in [-0.2, -0.15) is 13.2 Å². The number of hydrogen-bond donors (Lipinski definition) is 3. The molecule has 0 spiro atoms. The van der Waals surface area contributed by atoms with E-state index in [1.54, 1.807) is 24.3 Å². The number of hydrogen-bond acceptors (Lipinski definition) is 4. The Morgan fingerprint density at radius 1 is 0.894 bits per heavy atom. The lowest BCUT2D eigenvalue weighted by Gasteiger charge is -2.14. The minimum atomic E-state index is -4.99. The molecular weight excluding hydrogens is 695 g/mol. The molecular formula is C32H22Cl3F6N3O3. The molecule has 246 valence electrons. The Hall–Kier alpha value is -4.13. The van der Waals surface area contributed by atoms with Crippen LogP contribution in [0.1, 0.15) is 33.0 Å². The molecule has 4 aromatic rings. The van der Waals surface area contributed by atoms with Crippen LogP contribution in [0, 0.1) is 23.4 Å². The van der Waals surface area contributed by atoms with Crippen molar-refractivity contribution in [2.75, 3.05) is 23.1 Å². The molecule has 0 bridgehead atoms. The molecule has 1 aliphatic rings. The van der Waals surface area contributed by atoms with Crippen molar-refractivity contribution in [3.63, 3.8) is 0 Å². The summed E-state index contributed by atoms with van der Waals surface area (Å²) in [6.07, 6.45) is -4.99. The molecule has 0 heterocycles. The Bertz CT molecular complexity index is 1850. The summed E-state index contributed by atoms with van der Waals surface area (Å²) in [6, 6.07) is 14.7. The minimum absolute atomic E-state index is 0.0239. The van der Waals surface area contributed by atoms with Crippen molar-refractivity contribution in [1.29, 1.82) is 0 Å². The van der Waals surface area contributed by atoms with Gasteiger partial charge in [0.05, 0.1) is 34.9 Å². The van der Waals surface area contributed by atoms with Crippen molar-refractivity contribution >= 4 is 63.7 Å². The number of alkyl halides is 5. The van der Waals surface area contributed by atoms with Crippen LogP contribution >= 0.6 is 34.8 Å². The molecule has 5 rings (SSSR count). The van der Waals surface area contributed by atoms with Crippen molar-refractivity contribution in [3.05, 3.63) is 118 Å². The second-order valence-corrected chi connectivity index (χ2v) is 12.3. The van der Waals surface area contributed by atoms with Crippen LogP contribution in [-0.4, -0.2) is 23.3 Å². The maximum atomic E-state index is 15.3. The molecule has 0 aliphatic heterocycles. The smallest absolute Gasteiger partial charge is 0.419 e. The van der Waals surface area contributed by atoms with Gasteiger partial charge in [-0.05, 0) is 65.7 Å². The molecule has 0 aromatic heterocycles. The fourth-order valence-corrected chi connectivity index (χ4v) is 5.98. The summed E-state index contributed by atoms with van der Waals surface area (Å²) in [7, 11) is 1.50. The van der Waals surface area contributed by atoms with Crippen LogP contribution in [0.3, 0.4) is 0 Å². The first-order chi connectivity index (χ1) is 22.1. The van der Waals surface area contributed by atoms with Gasteiger partial charge in [0.15, 0.2) is 5.82 Å². The highest BCUT2D eigenvalue weighted by atomic mass is 35.5. The van der Waals surface area contributed by atoms with Crippen molar-refractivity contribution in [1.82, 2.24) is 0 Å². The molecule has 15 heteroatoms. The molecule has 0 radical (unpaired) electrons. The summed E-state index contributed by atoms with van der Waals surface area (Å²) in [5.74, 6) is -6.91. The second kappa shape index (κ2) is 13.2. The van der Waals surface area contributed by atoms with Crippen LogP contribution in [0.4, 0.5) is 43.4 Å². The Labute approximate surface area is 279 Å². The zero-order valence-electron chi connectivity index (χ0n) is 23.9. The lowest BCUT2D eigenvalue weighted by Crippen LogP contribution is -2.18. The van der Waals surface area contributed by atoms with Gasteiger partial charge in [0.2, 0.25) is 5.91 Å². The fourth-order valence-electron chi connectivity index (χ4n) is 4.95. The van der Waals surface area contributed by atoms with Gasteiger partial charge in [-0.15, -0.1) is 23.2 Å². The molecule has 2 atom stereocenters. The van der Waals surface area contributed by atoms with E-state index in [1.165, 1.54) is 25.3 Å². The van der Waals surface area contributed by atoms with E-state index in [0.717, 1.165) is 18.2 Å². The highest BCUT2D eigenvalue weighted by molar-refractivity contribution is 6.53. The van der Waals surface area contributed by atoms with E-state index in [2.05, 4.69) is 16.0 Å². The minimum Gasteiger partial charge on any atom is -0.497 e. The summed E-state index contributed by atoms with van der Waals surface area (Å²) in [5.41, 5.74) is -1.96. The van der Waals surface area contributed by atoms with Crippen LogP contribution in [0.15, 0.2) is 72.8 Å². The number of benzene rings is 4. The van der Waals surface area contributed by atoms with E-state index < -0.39 is 62.9 Å². The van der Waals surface area contributed by atoms with E-state index in [0.29, 0.717) is 23.4 Å². The zero-order valence-corrected chi connectivity index (χ0v) is 26.2. The maximum absolute atomic E-state index is 15.3. The van der Waals surface area contributed by atoms with Crippen molar-refractivity contribution < 1.29 is 40.7 Å². The van der Waals surface area contributed by atoms with E-state index >= 15 is 4.39 Å². The number of carbonyl (C=O) groups excluding carboxylic acids is 2. The lowest BCUT2D eigenvalue weighted by molar-refractivity contribution is -0.140. The summed E-state index contributed by atoms with van der Waals surface area (Å²) in [6.45, 7) is 0.0567. The molecule has 1 fully saturated rings. The van der Waals surface area contributed by atoms with Gasteiger partial charge in [-0.3, -0.25) is 9.59 Å². The van der Waals surface area contributed by atoms with E-state index in [-0.39, 0.29) is 34.1 Å². The normalized spacial score (nSPS) is 16.7. The first kappa shape index (κ1) is 34.2. The number of methoxy groups -OCH3 is 1. The Kier molecular flexibility index (Phi) is 9.59. The van der Waals surface area contributed by atoms with Gasteiger partial charge < -0.3 is 20.7 Å². The predicted octanol–water partition coefficient (Wildman–Crippen LogP) is 9.18. The van der Waals surface area contributed by atoms with E-state index in [9.17, 15) is 31.5 Å². The first-order valence-electron chi connectivity index (χ1n) is 13.6. The largest absolute Gasteiger partial charge is 0.497 e. The monoisotopic (exact) mass is 715 g/mol. The Morgan fingerprint density at radius 3 is 2.23 bits per heavy atom. The second-order valence-electron chi connectivity index (χ2n) is 10.5. The highest BCUT2D eigenvalue weighted by Crippen LogP contribution is 2.65. The topological polar surface area (TPSA) is 79.5 Å². The van der Waals surface area contributed by atoms with Crippen LogP contribution in [0.25, 0.3) is 0 Å². The van der Waals surface area contributed by atoms with Gasteiger partial charge in [0.1, 0.15) is 27.4 Å². The molecule has 3 N–H and O–H groups in total. The summed E-state index contributed by atoms with van der Waals surface area (Å²) in [5, 5.41) is 7.40. The number of carbonyl (C=O) groups is 2. The van der Waals surface area contributed by atoms with Crippen molar-refractivity contribution in [2.45, 2.75) is 23.0 Å². The summed E-state index contributed by atoms with van der Waals surface area (Å²) in [4.78, 5) is 26.2. The molecule has 4 aromatic carbocycles. The zero-order chi connectivity index (χ0) is 34.3. The van der Waals surface area contributed by atoms with Gasteiger partial charge in [0, 0.05) is 18.2 Å². The molecule has 1 saturated carbocycles. The Balaban J connectivity index is 1.29. The molecule has 1 aliphatic carbocycles. The van der Waals surface area contributed by atoms with Crippen molar-refractivity contribution in [3.8, 4) is 5.75 Å². The van der Waals surface area contributed by atoms with Crippen LogP contribution in [0.5, 0.6) is 5.75 Å². The number of amides is 2. The lowest BCUT2D eigenvalue weighted by atomic mass is 10.0. The first-order valence-corrected chi connectivity index (χ1v) is 14.8. The Morgan fingerprint density at radius 2 is 1.57 bits per heavy atom. The standard InChI is InChI=1S/C32H22Cl3F6N3O3/c1-47-18-6-2-15(3-7-18)14-42-28-23(37)10-11-24(27(28)38)44-29(45)19-13-17(5-8-21(19)33)43-30(46)26-25(31(26,34)35)16-4-9-22(36)20(12-16)32(39,40)41/h2-13,25-26,42H,14H2,1H3,(H,43,46)(H,44,45)/t25-,26+/m0/s1. The molecule has 47 heavy (non-hydrogen) atoms. The van der Waals surface area contributed by atoms with Gasteiger partial charge in [-0.1, -0.05) is 29.8 Å². The number of halogens is 9. The van der Waals surface area contributed by atoms with Crippen molar-refractivity contribution in [2.24, 2.45) is 5.92 Å². The van der Waals surface area contributed by atoms with E-state index in [4.69, 9.17) is 39.5 Å². The average molecular weight is 717 g/mol. The fraction of sp³-hybridized carbons (Fsp3) is 0.188. The van der Waals surface area contributed by atoms with Crippen LogP contribution < -0.4 is 20.7 Å². The molecule has 0 saturated heterocycles. The average Bonchev–Trinajstić information content (AvgIpc) is 3.60. The molecule has 6 nitrogen and oxygen atoms in total. The number of anilines is 3. The molecule has 0 unspecified atom stereocenters. The molecule has 2 amide bonds. The number of ether oxygens (including phenoxy) is 1. The van der Waals surface area contributed by atoms with Gasteiger partial charge in [0.25, 0.3) is 5.91 Å². The third-order valence-corrected chi connectivity index (χ3v) is 8.71. The summed E-state index contributed by atoms with van der Waals surface area (Å²) >= 11 is 18.7. The summed E-state index contributed by atoms with van der Waals surface area (Å²) < 4.78 is 86.6. The number of nitrogens with one attached hydrogen (secondary N) is 3. The maximum Gasteiger partial charge on any atom is 0.419 e. The van der Waals surface area contributed by atoms with Crippen LogP contribution in [-0.2, 0) is 17.5 Å². The third kappa shape index (κ3) is 7.24.